The fourth-order valence-electron chi connectivity index (χ4n) is 5.66. The molecule has 0 bridgehead atoms. The average Bonchev–Trinajstić information content (AvgIpc) is 3.47. The molecule has 3 aromatic heterocycles. The van der Waals surface area contributed by atoms with Crippen LogP contribution >= 0.6 is 0 Å². The van der Waals surface area contributed by atoms with Gasteiger partial charge in [-0.15, -0.1) is 0 Å². The van der Waals surface area contributed by atoms with Gasteiger partial charge >= 0.3 is 6.16 Å². The van der Waals surface area contributed by atoms with Crippen molar-refractivity contribution in [3.63, 3.8) is 0 Å². The number of benzene rings is 1. The summed E-state index contributed by atoms with van der Waals surface area (Å²) in [6.07, 6.45) is 5.09. The molecule has 1 aliphatic carbocycles. The number of pyridine rings is 1. The number of carboxylic acid groups (broad SMARTS) is 1. The van der Waals surface area contributed by atoms with Gasteiger partial charge in [0.25, 0.3) is 0 Å². The van der Waals surface area contributed by atoms with Crippen LogP contribution in [0.1, 0.15) is 30.4 Å². The van der Waals surface area contributed by atoms with Crippen molar-refractivity contribution in [1.82, 2.24) is 19.7 Å². The van der Waals surface area contributed by atoms with Gasteiger partial charge in [0.1, 0.15) is 17.3 Å². The Hall–Kier alpha value is -4.13. The lowest BCUT2D eigenvalue weighted by molar-refractivity contribution is 0.143. The van der Waals surface area contributed by atoms with Gasteiger partial charge in [-0.25, -0.2) is 9.18 Å². The fourth-order valence-corrected chi connectivity index (χ4v) is 5.66. The summed E-state index contributed by atoms with van der Waals surface area (Å²) in [6.45, 7) is 8.94. The molecule has 4 aromatic rings. The smallest absolute Gasteiger partial charge is 0.468 e. The topological polar surface area (TPSA) is 117 Å². The zero-order valence-corrected chi connectivity index (χ0v) is 23.9. The summed E-state index contributed by atoms with van der Waals surface area (Å²) in [7, 11) is 0. The lowest BCUT2D eigenvalue weighted by atomic mass is 10.1. The summed E-state index contributed by atoms with van der Waals surface area (Å²) in [5.74, 6) is 1.17. The molecule has 2 saturated heterocycles. The van der Waals surface area contributed by atoms with Crippen LogP contribution in [0.15, 0.2) is 68.8 Å². The molecule has 228 valence electrons. The van der Waals surface area contributed by atoms with Crippen LogP contribution in [0.2, 0.25) is 0 Å². The zero-order valence-electron chi connectivity index (χ0n) is 23.9. The summed E-state index contributed by atoms with van der Waals surface area (Å²) in [5, 5.41) is 12.4. The van der Waals surface area contributed by atoms with Gasteiger partial charge in [-0.1, -0.05) is 0 Å². The molecule has 11 nitrogen and oxygen atoms in total. The van der Waals surface area contributed by atoms with Crippen molar-refractivity contribution in [1.29, 1.82) is 0 Å². The van der Waals surface area contributed by atoms with Crippen LogP contribution in [0.25, 0.3) is 10.9 Å². The minimum atomic E-state index is -1.57. The Bertz CT molecular complexity index is 1570. The van der Waals surface area contributed by atoms with Gasteiger partial charge in [0.2, 0.25) is 5.43 Å². The fraction of sp³-hybridized carbons (Fsp3) is 0.419. The number of nitrogens with zero attached hydrogens (tertiary/aromatic N) is 4. The van der Waals surface area contributed by atoms with Crippen LogP contribution in [-0.4, -0.2) is 78.0 Å². The van der Waals surface area contributed by atoms with Crippen LogP contribution in [0, 0.1) is 5.82 Å². The highest BCUT2D eigenvalue weighted by Gasteiger charge is 2.28. The van der Waals surface area contributed by atoms with Crippen molar-refractivity contribution in [3.8, 4) is 5.75 Å². The quantitative estimate of drug-likeness (QED) is 0.303. The molecule has 0 radical (unpaired) electrons. The second kappa shape index (κ2) is 13.0. The Morgan fingerprint density at radius 2 is 1.58 bits per heavy atom. The van der Waals surface area contributed by atoms with Crippen LogP contribution < -0.4 is 20.4 Å². The molecular weight excluding hydrogens is 557 g/mol. The first-order chi connectivity index (χ1) is 20.9. The molecule has 0 unspecified atom stereocenters. The minimum Gasteiger partial charge on any atom is -0.468 e. The Kier molecular flexibility index (Phi) is 8.77. The summed E-state index contributed by atoms with van der Waals surface area (Å²) in [5.41, 5.74) is 0.425. The van der Waals surface area contributed by atoms with Crippen molar-refractivity contribution >= 4 is 22.7 Å². The standard InChI is InChI=1S/C22H22FN3O5.C9H14N2O/c23-17-10-16-18(26(14-3-4-14)13-20(21(16)27)31-22(28)29)11-19(17)25-7-5-24(6-8-25)12-15-2-1-9-30-15;1-2-9(12-7-1)8-11-5-3-10-4-6-11/h1-2,9-11,13-14H,3-8,12H2,(H,28,29);1-2,7,10H,3-6,8H2. The summed E-state index contributed by atoms with van der Waals surface area (Å²) >= 11 is 0. The third kappa shape index (κ3) is 7.10. The number of hydrogen-bond donors (Lipinski definition) is 2. The Morgan fingerprint density at radius 3 is 2.14 bits per heavy atom. The van der Waals surface area contributed by atoms with Gasteiger partial charge in [-0.3, -0.25) is 14.6 Å². The molecule has 1 saturated carbocycles. The number of nitrogens with one attached hydrogen (secondary N) is 1. The maximum Gasteiger partial charge on any atom is 0.511 e. The van der Waals surface area contributed by atoms with Crippen molar-refractivity contribution in [3.05, 3.63) is 82.7 Å². The number of carbonyl (C=O) groups is 1. The first-order valence-electron chi connectivity index (χ1n) is 14.7. The van der Waals surface area contributed by atoms with Crippen LogP contribution in [0.4, 0.5) is 14.9 Å². The molecule has 2 N–H and O–H groups in total. The first kappa shape index (κ1) is 29.0. The van der Waals surface area contributed by atoms with Gasteiger partial charge < -0.3 is 33.5 Å². The van der Waals surface area contributed by atoms with E-state index in [4.69, 9.17) is 13.9 Å². The highest BCUT2D eigenvalue weighted by molar-refractivity contribution is 5.85. The lowest BCUT2D eigenvalue weighted by Gasteiger charge is -2.36. The van der Waals surface area contributed by atoms with E-state index < -0.39 is 17.4 Å². The monoisotopic (exact) mass is 593 g/mol. The number of rotatable bonds is 7. The van der Waals surface area contributed by atoms with E-state index in [0.29, 0.717) is 30.8 Å². The van der Waals surface area contributed by atoms with Gasteiger partial charge in [-0.05, 0) is 49.2 Å². The van der Waals surface area contributed by atoms with E-state index in [1.54, 1.807) is 18.6 Å². The normalized spacial score (nSPS) is 17.9. The maximum absolute atomic E-state index is 15.1. The van der Waals surface area contributed by atoms with E-state index in [1.807, 2.05) is 33.7 Å². The number of anilines is 1. The molecule has 7 rings (SSSR count). The van der Waals surface area contributed by atoms with E-state index in [9.17, 15) is 9.59 Å². The van der Waals surface area contributed by atoms with Crippen LogP contribution in [0.5, 0.6) is 5.75 Å². The summed E-state index contributed by atoms with van der Waals surface area (Å²) < 4.78 is 32.2. The van der Waals surface area contributed by atoms with Gasteiger partial charge in [-0.2, -0.15) is 0 Å². The highest BCUT2D eigenvalue weighted by Crippen LogP contribution is 2.39. The largest absolute Gasteiger partial charge is 0.511 e. The molecule has 43 heavy (non-hydrogen) atoms. The Labute approximate surface area is 248 Å². The molecule has 0 atom stereocenters. The Morgan fingerprint density at radius 1 is 0.953 bits per heavy atom. The van der Waals surface area contributed by atoms with Crippen LogP contribution in [0.3, 0.4) is 0 Å². The van der Waals surface area contributed by atoms with Gasteiger partial charge in [0, 0.05) is 58.4 Å². The summed E-state index contributed by atoms with van der Waals surface area (Å²) in [4.78, 5) is 30.3. The predicted octanol–water partition coefficient (Wildman–Crippen LogP) is 4.13. The molecule has 3 aliphatic rings. The second-order valence-electron chi connectivity index (χ2n) is 11.1. The molecule has 5 heterocycles. The van der Waals surface area contributed by atoms with E-state index in [2.05, 4.69) is 19.9 Å². The van der Waals surface area contributed by atoms with Crippen LogP contribution in [-0.2, 0) is 13.1 Å². The van der Waals surface area contributed by atoms with E-state index in [1.165, 1.54) is 12.3 Å². The molecule has 1 aromatic carbocycles. The van der Waals surface area contributed by atoms with Crippen molar-refractivity contribution < 1.29 is 27.9 Å². The van der Waals surface area contributed by atoms with Crippen molar-refractivity contribution in [2.24, 2.45) is 0 Å². The average molecular weight is 594 g/mol. The number of hydrogen-bond acceptors (Lipinski definition) is 9. The van der Waals surface area contributed by atoms with Crippen molar-refractivity contribution in [2.75, 3.05) is 57.3 Å². The van der Waals surface area contributed by atoms with E-state index in [-0.39, 0.29) is 17.2 Å². The number of halogens is 1. The SMILES string of the molecule is O=C(O)Oc1cn(C2CC2)c2cc(N3CCN(Cc4ccco4)CC3)c(F)cc2c1=O.c1coc(CN2CCNCC2)c1. The number of fused-ring (bicyclic) bond motifs is 1. The number of ether oxygens (including phenoxy) is 1. The third-order valence-electron chi connectivity index (χ3n) is 8.05. The second-order valence-corrected chi connectivity index (χ2v) is 11.1. The van der Waals surface area contributed by atoms with E-state index in [0.717, 1.165) is 70.2 Å². The minimum absolute atomic E-state index is 0.128. The lowest BCUT2D eigenvalue weighted by Crippen LogP contribution is -2.46. The maximum atomic E-state index is 15.1. The molecule has 0 spiro atoms. The van der Waals surface area contributed by atoms with Gasteiger partial charge in [0.15, 0.2) is 5.75 Å². The third-order valence-corrected chi connectivity index (χ3v) is 8.05. The molecular formula is C31H36FN5O6. The van der Waals surface area contributed by atoms with Gasteiger partial charge in [0.05, 0.1) is 48.4 Å². The molecule has 0 amide bonds. The van der Waals surface area contributed by atoms with Crippen molar-refractivity contribution in [2.45, 2.75) is 32.0 Å². The number of aromatic nitrogens is 1. The molecule has 3 fully saturated rings. The zero-order chi connectivity index (χ0) is 29.8. The number of piperazine rings is 2. The number of furan rings is 2. The summed E-state index contributed by atoms with van der Waals surface area (Å²) in [6, 6.07) is 10.8. The molecule has 2 aliphatic heterocycles. The molecule has 12 heteroatoms. The highest BCUT2D eigenvalue weighted by atomic mass is 19.1. The predicted molar refractivity (Wildman–Crippen MR) is 158 cm³/mol. The Balaban J connectivity index is 0.000000229. The van der Waals surface area contributed by atoms with E-state index >= 15 is 4.39 Å². The first-order valence-corrected chi connectivity index (χ1v) is 14.7.